The van der Waals surface area contributed by atoms with E-state index in [1.54, 1.807) is 12.3 Å². The van der Waals surface area contributed by atoms with Crippen LogP contribution in [-0.2, 0) is 6.18 Å². The Morgan fingerprint density at radius 1 is 1.18 bits per heavy atom. The average Bonchev–Trinajstić information content (AvgIpc) is 2.29. The first-order valence-corrected chi connectivity index (χ1v) is 5.04. The van der Waals surface area contributed by atoms with Crippen LogP contribution in [0.2, 0.25) is 0 Å². The molecule has 0 amide bonds. The van der Waals surface area contributed by atoms with Crippen LogP contribution in [0.4, 0.5) is 17.6 Å². The maximum Gasteiger partial charge on any atom is 0.419 e. The van der Waals surface area contributed by atoms with Crippen LogP contribution < -0.4 is 0 Å². The summed E-state index contributed by atoms with van der Waals surface area (Å²) in [5.74, 6) is -1.24. The van der Waals surface area contributed by atoms with E-state index in [0.717, 1.165) is 17.7 Å². The van der Waals surface area contributed by atoms with Gasteiger partial charge in [-0.25, -0.2) is 4.39 Å². The molecular formula is C12H9F4N. The van der Waals surface area contributed by atoms with Crippen LogP contribution in [0, 0.1) is 5.82 Å². The smallest absolute Gasteiger partial charge is 0.293 e. The summed E-state index contributed by atoms with van der Waals surface area (Å²) in [6.07, 6.45) is -0.894. The number of alkyl halides is 3. The largest absolute Gasteiger partial charge is 0.419 e. The predicted octanol–water partition coefficient (Wildman–Crippen LogP) is 3.70. The highest BCUT2D eigenvalue weighted by atomic mass is 19.4. The first-order valence-electron chi connectivity index (χ1n) is 5.04. The zero-order chi connectivity index (χ0) is 12.5. The lowest BCUT2D eigenvalue weighted by atomic mass is 9.99. The van der Waals surface area contributed by atoms with E-state index in [9.17, 15) is 17.6 Å². The van der Waals surface area contributed by atoms with Crippen LogP contribution in [0.15, 0.2) is 29.3 Å². The number of halogens is 4. The minimum absolute atomic E-state index is 0.393. The Bertz CT molecular complexity index is 486. The molecule has 0 bridgehead atoms. The van der Waals surface area contributed by atoms with Crippen molar-refractivity contribution in [2.75, 3.05) is 6.54 Å². The van der Waals surface area contributed by atoms with Crippen LogP contribution in [0.5, 0.6) is 0 Å². The van der Waals surface area contributed by atoms with Crippen LogP contribution in [0.3, 0.4) is 0 Å². The van der Waals surface area contributed by atoms with Gasteiger partial charge in [0.15, 0.2) is 0 Å². The molecule has 5 heteroatoms. The number of benzene rings is 1. The molecule has 1 heterocycles. The first kappa shape index (κ1) is 11.8. The molecule has 1 nitrogen and oxygen atoms in total. The standard InChI is InChI=1S/C12H9F4N/c13-11-2-1-9(7-10(11)12(14,15)16)8-3-5-17-6-4-8/h1-3,5,7H,4,6H2. The van der Waals surface area contributed by atoms with Gasteiger partial charge < -0.3 is 0 Å². The SMILES string of the molecule is Fc1ccc(C2=CC=NCC2)cc1C(F)(F)F. The van der Waals surface area contributed by atoms with E-state index in [0.29, 0.717) is 18.5 Å². The lowest BCUT2D eigenvalue weighted by molar-refractivity contribution is -0.140. The average molecular weight is 243 g/mol. The molecule has 0 atom stereocenters. The monoisotopic (exact) mass is 243 g/mol. The second kappa shape index (κ2) is 4.31. The number of nitrogens with zero attached hydrogens (tertiary/aromatic N) is 1. The molecule has 1 aromatic rings. The van der Waals surface area contributed by atoms with Crippen molar-refractivity contribution in [2.45, 2.75) is 12.6 Å². The zero-order valence-corrected chi connectivity index (χ0v) is 8.76. The number of aliphatic imine (C=N–C) groups is 1. The molecule has 0 saturated carbocycles. The van der Waals surface area contributed by atoms with Gasteiger partial charge in [-0.05, 0) is 35.8 Å². The Labute approximate surface area is 95.5 Å². The first-order chi connectivity index (χ1) is 7.98. The lowest BCUT2D eigenvalue weighted by Gasteiger charge is -2.13. The highest BCUT2D eigenvalue weighted by Crippen LogP contribution is 2.33. The summed E-state index contributed by atoms with van der Waals surface area (Å²) in [6.45, 7) is 0.546. The van der Waals surface area contributed by atoms with Gasteiger partial charge in [-0.3, -0.25) is 4.99 Å². The van der Waals surface area contributed by atoms with Crippen molar-refractivity contribution in [3.8, 4) is 0 Å². The molecule has 0 spiro atoms. The van der Waals surface area contributed by atoms with E-state index in [1.165, 1.54) is 6.07 Å². The Kier molecular flexibility index (Phi) is 3.00. The van der Waals surface area contributed by atoms with Crippen molar-refractivity contribution >= 4 is 11.8 Å². The van der Waals surface area contributed by atoms with Crippen molar-refractivity contribution in [1.29, 1.82) is 0 Å². The number of hydrogen-bond donors (Lipinski definition) is 0. The summed E-state index contributed by atoms with van der Waals surface area (Å²) in [4.78, 5) is 3.94. The van der Waals surface area contributed by atoms with Crippen LogP contribution in [0.1, 0.15) is 17.5 Å². The fraction of sp³-hybridized carbons (Fsp3) is 0.250. The Balaban J connectivity index is 2.44. The molecule has 0 unspecified atom stereocenters. The maximum atomic E-state index is 13.1. The molecule has 0 aliphatic carbocycles. The van der Waals surface area contributed by atoms with E-state index in [2.05, 4.69) is 4.99 Å². The number of rotatable bonds is 1. The van der Waals surface area contributed by atoms with Gasteiger partial charge in [0.2, 0.25) is 0 Å². The van der Waals surface area contributed by atoms with Gasteiger partial charge in [-0.1, -0.05) is 6.07 Å². The highest BCUT2D eigenvalue weighted by Gasteiger charge is 2.34. The minimum Gasteiger partial charge on any atom is -0.293 e. The quantitative estimate of drug-likeness (QED) is 0.667. The molecule has 0 radical (unpaired) electrons. The normalized spacial score (nSPS) is 15.9. The van der Waals surface area contributed by atoms with Gasteiger partial charge in [-0.15, -0.1) is 0 Å². The molecule has 0 N–H and O–H groups in total. The third-order valence-electron chi connectivity index (χ3n) is 2.53. The summed E-state index contributed by atoms with van der Waals surface area (Å²) in [5, 5.41) is 0. The molecule has 17 heavy (non-hydrogen) atoms. The van der Waals surface area contributed by atoms with Crippen molar-refractivity contribution in [3.63, 3.8) is 0 Å². The lowest BCUT2D eigenvalue weighted by Crippen LogP contribution is -2.09. The summed E-state index contributed by atoms with van der Waals surface area (Å²) in [5.41, 5.74) is -0.0891. The molecule has 0 saturated heterocycles. The van der Waals surface area contributed by atoms with Crippen LogP contribution in [-0.4, -0.2) is 12.8 Å². The topological polar surface area (TPSA) is 12.4 Å². The second-order valence-corrected chi connectivity index (χ2v) is 3.69. The zero-order valence-electron chi connectivity index (χ0n) is 8.76. The van der Waals surface area contributed by atoms with Gasteiger partial charge in [0.25, 0.3) is 0 Å². The van der Waals surface area contributed by atoms with Gasteiger partial charge in [-0.2, -0.15) is 13.2 Å². The van der Waals surface area contributed by atoms with E-state index in [-0.39, 0.29) is 0 Å². The summed E-state index contributed by atoms with van der Waals surface area (Å²) >= 11 is 0. The fourth-order valence-electron chi connectivity index (χ4n) is 1.67. The Hall–Kier alpha value is -1.65. The fourth-order valence-corrected chi connectivity index (χ4v) is 1.67. The van der Waals surface area contributed by atoms with E-state index in [4.69, 9.17) is 0 Å². The molecule has 0 fully saturated rings. The molecule has 1 aliphatic heterocycles. The number of hydrogen-bond acceptors (Lipinski definition) is 1. The van der Waals surface area contributed by atoms with Gasteiger partial charge >= 0.3 is 6.18 Å². The Morgan fingerprint density at radius 2 is 1.94 bits per heavy atom. The molecular weight excluding hydrogens is 234 g/mol. The Morgan fingerprint density at radius 3 is 2.53 bits per heavy atom. The van der Waals surface area contributed by atoms with Crippen molar-refractivity contribution in [2.24, 2.45) is 4.99 Å². The van der Waals surface area contributed by atoms with Crippen molar-refractivity contribution < 1.29 is 17.6 Å². The molecule has 90 valence electrons. The van der Waals surface area contributed by atoms with E-state index < -0.39 is 17.6 Å². The van der Waals surface area contributed by atoms with Crippen LogP contribution in [0.25, 0.3) is 5.57 Å². The van der Waals surface area contributed by atoms with Gasteiger partial charge in [0, 0.05) is 12.8 Å². The third-order valence-corrected chi connectivity index (χ3v) is 2.53. The molecule has 0 aromatic heterocycles. The maximum absolute atomic E-state index is 13.1. The number of dihydropyridines is 1. The van der Waals surface area contributed by atoms with E-state index in [1.807, 2.05) is 0 Å². The molecule has 2 rings (SSSR count). The van der Waals surface area contributed by atoms with Gasteiger partial charge in [0.05, 0.1) is 5.56 Å². The van der Waals surface area contributed by atoms with Crippen molar-refractivity contribution in [1.82, 2.24) is 0 Å². The van der Waals surface area contributed by atoms with E-state index >= 15 is 0 Å². The summed E-state index contributed by atoms with van der Waals surface area (Å²) in [6, 6.07) is 3.06. The summed E-state index contributed by atoms with van der Waals surface area (Å²) < 4.78 is 50.6. The minimum atomic E-state index is -4.66. The predicted molar refractivity (Wildman–Crippen MR) is 57.4 cm³/mol. The second-order valence-electron chi connectivity index (χ2n) is 3.69. The van der Waals surface area contributed by atoms with Gasteiger partial charge in [0.1, 0.15) is 5.82 Å². The molecule has 1 aromatic carbocycles. The highest BCUT2D eigenvalue weighted by molar-refractivity contribution is 5.86. The third kappa shape index (κ3) is 2.54. The molecule has 1 aliphatic rings. The van der Waals surface area contributed by atoms with Crippen LogP contribution >= 0.6 is 0 Å². The number of allylic oxidation sites excluding steroid dienone is 1. The summed E-state index contributed by atoms with van der Waals surface area (Å²) in [7, 11) is 0. The van der Waals surface area contributed by atoms with Crippen molar-refractivity contribution in [3.05, 3.63) is 41.2 Å².